The van der Waals surface area contributed by atoms with Crippen LogP contribution in [0, 0.1) is 23.7 Å². The largest absolute Gasteiger partial charge is 0.496 e. The molecule has 1 aromatic carbocycles. The number of rotatable bonds is 6. The van der Waals surface area contributed by atoms with E-state index in [4.69, 9.17) is 11.2 Å². The van der Waals surface area contributed by atoms with Crippen LogP contribution in [0.2, 0.25) is 0 Å². The molecule has 0 spiro atoms. The van der Waals surface area contributed by atoms with E-state index in [0.29, 0.717) is 43.8 Å². The summed E-state index contributed by atoms with van der Waals surface area (Å²) in [5.41, 5.74) is 0.971. The number of aromatic amines is 1. The van der Waals surface area contributed by atoms with Crippen LogP contribution in [0.5, 0.6) is 5.75 Å². The lowest BCUT2D eigenvalue weighted by Gasteiger charge is -2.25. The molecule has 0 bridgehead atoms. The van der Waals surface area contributed by atoms with Gasteiger partial charge in [0, 0.05) is 29.9 Å². The van der Waals surface area contributed by atoms with Crippen LogP contribution in [-0.2, 0) is 9.59 Å². The van der Waals surface area contributed by atoms with Crippen LogP contribution >= 0.6 is 0 Å². The number of nitrogens with one attached hydrogen (secondary N) is 3. The highest BCUT2D eigenvalue weighted by atomic mass is 16.5. The Balaban J connectivity index is 1.53. The number of hydrogen-bond donors (Lipinski definition) is 3. The lowest BCUT2D eigenvalue weighted by Crippen LogP contribution is -2.49. The summed E-state index contributed by atoms with van der Waals surface area (Å²) in [4.78, 5) is 43.4. The summed E-state index contributed by atoms with van der Waals surface area (Å²) in [6.45, 7) is 5.15. The number of likely N-dealkylation sites (tertiary alicyclic amines) is 1. The highest BCUT2D eigenvalue weighted by Gasteiger charge is 2.44. The van der Waals surface area contributed by atoms with Crippen molar-refractivity contribution in [1.82, 2.24) is 20.5 Å². The normalized spacial score (nSPS) is 22.6. The summed E-state index contributed by atoms with van der Waals surface area (Å²) < 4.78 is 5.40. The van der Waals surface area contributed by atoms with E-state index in [-0.39, 0.29) is 29.1 Å². The van der Waals surface area contributed by atoms with Gasteiger partial charge in [0.05, 0.1) is 13.2 Å². The fraction of sp³-hybridized carbons (Fsp3) is 0.480. The molecule has 3 atom stereocenters. The number of fused-ring (bicyclic) bond motifs is 1. The van der Waals surface area contributed by atoms with Gasteiger partial charge in [-0.05, 0) is 42.9 Å². The first-order valence-electron chi connectivity index (χ1n) is 11.2. The molecule has 3 N–H and O–H groups in total. The van der Waals surface area contributed by atoms with Gasteiger partial charge in [0.25, 0.3) is 5.91 Å². The fourth-order valence-electron chi connectivity index (χ4n) is 4.88. The quantitative estimate of drug-likeness (QED) is 0.586. The maximum absolute atomic E-state index is 13.5. The molecule has 174 valence electrons. The van der Waals surface area contributed by atoms with E-state index < -0.39 is 12.1 Å². The van der Waals surface area contributed by atoms with Gasteiger partial charge in [-0.15, -0.1) is 6.42 Å². The molecule has 8 heteroatoms. The van der Waals surface area contributed by atoms with Crippen molar-refractivity contribution in [3.05, 3.63) is 30.0 Å². The molecule has 2 fully saturated rings. The Morgan fingerprint density at radius 1 is 1.39 bits per heavy atom. The second kappa shape index (κ2) is 8.81. The molecular formula is C25H30N4O4. The molecule has 0 aliphatic carbocycles. The molecule has 33 heavy (non-hydrogen) atoms. The molecule has 0 saturated carbocycles. The van der Waals surface area contributed by atoms with Crippen molar-refractivity contribution >= 4 is 28.6 Å². The molecule has 1 aromatic heterocycles. The first-order chi connectivity index (χ1) is 15.7. The smallest absolute Gasteiger partial charge is 0.271 e. The van der Waals surface area contributed by atoms with Gasteiger partial charge < -0.3 is 25.3 Å². The minimum atomic E-state index is -0.644. The number of carbonyl (C=O) groups is 3. The van der Waals surface area contributed by atoms with E-state index in [0.717, 1.165) is 10.9 Å². The third kappa shape index (κ3) is 4.54. The zero-order valence-electron chi connectivity index (χ0n) is 19.2. The minimum Gasteiger partial charge on any atom is -0.496 e. The van der Waals surface area contributed by atoms with Crippen LogP contribution in [0.15, 0.2) is 24.3 Å². The minimum absolute atomic E-state index is 0.0301. The molecule has 2 aliphatic rings. The monoisotopic (exact) mass is 450 g/mol. The number of terminal acetylenes is 1. The zero-order valence-corrected chi connectivity index (χ0v) is 19.2. The molecule has 2 aliphatic heterocycles. The van der Waals surface area contributed by atoms with Gasteiger partial charge in [-0.2, -0.15) is 0 Å². The third-order valence-electron chi connectivity index (χ3n) is 6.56. The summed E-state index contributed by atoms with van der Waals surface area (Å²) in [7, 11) is 1.59. The Kier molecular flexibility index (Phi) is 6.07. The average Bonchev–Trinajstić information content (AvgIpc) is 3.48. The lowest BCUT2D eigenvalue weighted by atomic mass is 9.90. The summed E-state index contributed by atoms with van der Waals surface area (Å²) in [6, 6.07) is 6.12. The molecule has 0 radical (unpaired) electrons. The van der Waals surface area contributed by atoms with E-state index in [2.05, 4.69) is 21.5 Å². The van der Waals surface area contributed by atoms with E-state index in [1.54, 1.807) is 18.1 Å². The van der Waals surface area contributed by atoms with Gasteiger partial charge in [-0.25, -0.2) is 0 Å². The molecule has 3 amide bonds. The van der Waals surface area contributed by atoms with Crippen molar-refractivity contribution < 1.29 is 19.1 Å². The highest BCUT2D eigenvalue weighted by Crippen LogP contribution is 2.36. The second-order valence-corrected chi connectivity index (χ2v) is 9.66. The number of methoxy groups -OCH3 is 1. The summed E-state index contributed by atoms with van der Waals surface area (Å²) in [5.74, 6) is 2.50. The predicted molar refractivity (Wildman–Crippen MR) is 125 cm³/mol. The second-order valence-electron chi connectivity index (χ2n) is 9.66. The molecule has 3 heterocycles. The maximum Gasteiger partial charge on any atom is 0.271 e. The van der Waals surface area contributed by atoms with E-state index in [1.807, 2.05) is 32.0 Å². The van der Waals surface area contributed by atoms with Gasteiger partial charge in [0.15, 0.2) is 0 Å². The maximum atomic E-state index is 13.5. The average molecular weight is 451 g/mol. The van der Waals surface area contributed by atoms with E-state index >= 15 is 0 Å². The first kappa shape index (κ1) is 22.7. The Morgan fingerprint density at radius 2 is 2.18 bits per heavy atom. The summed E-state index contributed by atoms with van der Waals surface area (Å²) in [5, 5.41) is 6.50. The number of aromatic nitrogens is 1. The molecule has 2 aromatic rings. The van der Waals surface area contributed by atoms with Crippen LogP contribution in [0.3, 0.4) is 0 Å². The van der Waals surface area contributed by atoms with Gasteiger partial charge in [0.1, 0.15) is 17.5 Å². The number of ether oxygens (including phenoxy) is 1. The Bertz CT molecular complexity index is 1130. The number of H-pyrrole nitrogens is 1. The Hall–Kier alpha value is -3.47. The van der Waals surface area contributed by atoms with Crippen LogP contribution < -0.4 is 15.4 Å². The highest BCUT2D eigenvalue weighted by molar-refractivity contribution is 6.01. The van der Waals surface area contributed by atoms with Crippen molar-refractivity contribution in [2.75, 3.05) is 20.2 Å². The number of hydrogen-bond acceptors (Lipinski definition) is 4. The molecular weight excluding hydrogens is 420 g/mol. The fourth-order valence-corrected chi connectivity index (χ4v) is 4.88. The van der Waals surface area contributed by atoms with Crippen LogP contribution in [0.4, 0.5) is 0 Å². The van der Waals surface area contributed by atoms with Crippen LogP contribution in [0.1, 0.15) is 43.6 Å². The lowest BCUT2D eigenvalue weighted by molar-refractivity contribution is -0.126. The van der Waals surface area contributed by atoms with Gasteiger partial charge >= 0.3 is 0 Å². The first-order valence-corrected chi connectivity index (χ1v) is 11.2. The number of benzene rings is 1. The van der Waals surface area contributed by atoms with E-state index in [1.165, 1.54) is 0 Å². The van der Waals surface area contributed by atoms with Crippen molar-refractivity contribution in [2.45, 2.75) is 45.2 Å². The molecule has 4 rings (SSSR count). The summed E-state index contributed by atoms with van der Waals surface area (Å²) >= 11 is 0. The molecule has 2 saturated heterocycles. The zero-order chi connectivity index (χ0) is 23.8. The van der Waals surface area contributed by atoms with Crippen molar-refractivity contribution in [1.29, 1.82) is 0 Å². The van der Waals surface area contributed by atoms with Gasteiger partial charge in [0.2, 0.25) is 11.8 Å². The third-order valence-corrected chi connectivity index (χ3v) is 6.56. The van der Waals surface area contributed by atoms with Gasteiger partial charge in [-0.1, -0.05) is 25.8 Å². The van der Waals surface area contributed by atoms with Crippen molar-refractivity contribution in [2.24, 2.45) is 11.3 Å². The molecule has 3 unspecified atom stereocenters. The standard InChI is InChI=1S/C25H30N4O4/c1-5-16(11-15-9-10-26-22(15)30)27-23(31)20-13-25(2,3)14-29(20)24(32)19-12-17-18(28-19)7-6-8-21(17)33-4/h1,6-8,12,15-16,20,28H,9-11,13-14H2,2-4H3,(H,26,30)(H,27,31). The Labute approximate surface area is 193 Å². The van der Waals surface area contributed by atoms with E-state index in [9.17, 15) is 14.4 Å². The SMILES string of the molecule is C#CC(CC1CCNC1=O)NC(=O)C1CC(C)(C)CN1C(=O)c1cc2c(OC)cccc2[nH]1. The van der Waals surface area contributed by atoms with Crippen LogP contribution in [-0.4, -0.2) is 59.9 Å². The Morgan fingerprint density at radius 3 is 2.85 bits per heavy atom. The predicted octanol–water partition coefficient (Wildman–Crippen LogP) is 2.06. The van der Waals surface area contributed by atoms with Crippen molar-refractivity contribution in [3.8, 4) is 18.1 Å². The van der Waals surface area contributed by atoms with Crippen LogP contribution in [0.25, 0.3) is 10.9 Å². The topological polar surface area (TPSA) is 104 Å². The number of carbonyl (C=O) groups excluding carboxylic acids is 3. The number of amides is 3. The summed E-state index contributed by atoms with van der Waals surface area (Å²) in [6.07, 6.45) is 7.28. The number of nitrogens with zero attached hydrogens (tertiary/aromatic N) is 1. The molecule has 8 nitrogen and oxygen atoms in total. The van der Waals surface area contributed by atoms with Gasteiger partial charge in [-0.3, -0.25) is 14.4 Å². The van der Waals surface area contributed by atoms with Crippen molar-refractivity contribution in [3.63, 3.8) is 0 Å².